The fourth-order valence-corrected chi connectivity index (χ4v) is 2.37. The topological polar surface area (TPSA) is 50.9 Å². The van der Waals surface area contributed by atoms with Gasteiger partial charge in [0.2, 0.25) is 0 Å². The number of nitrogens with two attached hydrogens (primary N) is 1. The van der Waals surface area contributed by atoms with Gasteiger partial charge in [0.1, 0.15) is 0 Å². The Kier molecular flexibility index (Phi) is 4.45. The van der Waals surface area contributed by atoms with Crippen LogP contribution >= 0.6 is 0 Å². The summed E-state index contributed by atoms with van der Waals surface area (Å²) in [7, 11) is 0. The Hall–Kier alpha value is -1.71. The molecule has 1 aromatic carbocycles. The molecule has 0 spiro atoms. The number of hydrazine groups is 1. The van der Waals surface area contributed by atoms with E-state index in [-0.39, 0.29) is 6.04 Å². The zero-order valence-corrected chi connectivity index (χ0v) is 10.6. The first-order valence-corrected chi connectivity index (χ1v) is 6.27. The quantitative estimate of drug-likeness (QED) is 0.625. The molecule has 0 aliphatic heterocycles. The highest BCUT2D eigenvalue weighted by atomic mass is 15.2. The van der Waals surface area contributed by atoms with Crippen LogP contribution in [0.4, 0.5) is 0 Å². The summed E-state index contributed by atoms with van der Waals surface area (Å²) in [5.74, 6) is 6.09. The standard InChI is InChI=1S/C15H19N3/c1-2-14(12-7-4-3-5-8-12)15(18-16)13-9-6-10-17-11-13/h3-11,14-15,18H,2,16H2,1H3. The highest BCUT2D eigenvalue weighted by Gasteiger charge is 2.22. The molecule has 1 aromatic heterocycles. The third-order valence-electron chi connectivity index (χ3n) is 3.29. The molecular weight excluding hydrogens is 222 g/mol. The van der Waals surface area contributed by atoms with Crippen LogP contribution in [0.5, 0.6) is 0 Å². The van der Waals surface area contributed by atoms with Gasteiger partial charge in [0.25, 0.3) is 0 Å². The molecule has 2 unspecified atom stereocenters. The number of nitrogens with one attached hydrogen (secondary N) is 1. The molecule has 2 rings (SSSR count). The lowest BCUT2D eigenvalue weighted by atomic mass is 9.86. The normalized spacial score (nSPS) is 14.1. The molecule has 18 heavy (non-hydrogen) atoms. The Morgan fingerprint density at radius 1 is 1.11 bits per heavy atom. The Bertz CT molecular complexity index is 410. The number of rotatable bonds is 5. The van der Waals surface area contributed by atoms with E-state index in [9.17, 15) is 0 Å². The van der Waals surface area contributed by atoms with E-state index in [1.165, 1.54) is 5.56 Å². The summed E-state index contributed by atoms with van der Waals surface area (Å²) in [6.07, 6.45) is 4.67. The molecule has 0 radical (unpaired) electrons. The van der Waals surface area contributed by atoms with Gasteiger partial charge in [-0.3, -0.25) is 16.3 Å². The van der Waals surface area contributed by atoms with Crippen molar-refractivity contribution in [1.82, 2.24) is 10.4 Å². The maximum atomic E-state index is 5.74. The molecule has 0 aliphatic carbocycles. The first-order valence-electron chi connectivity index (χ1n) is 6.27. The van der Waals surface area contributed by atoms with Gasteiger partial charge >= 0.3 is 0 Å². The second-order valence-electron chi connectivity index (χ2n) is 4.36. The van der Waals surface area contributed by atoms with Crippen molar-refractivity contribution in [3.63, 3.8) is 0 Å². The van der Waals surface area contributed by atoms with Crippen molar-refractivity contribution in [3.05, 3.63) is 66.0 Å². The smallest absolute Gasteiger partial charge is 0.0543 e. The predicted molar refractivity (Wildman–Crippen MR) is 73.8 cm³/mol. The van der Waals surface area contributed by atoms with Crippen molar-refractivity contribution in [2.75, 3.05) is 0 Å². The molecule has 1 heterocycles. The molecule has 3 N–H and O–H groups in total. The van der Waals surface area contributed by atoms with Gasteiger partial charge < -0.3 is 0 Å². The Labute approximate surface area is 108 Å². The molecule has 94 valence electrons. The van der Waals surface area contributed by atoms with Gasteiger partial charge in [-0.25, -0.2) is 0 Å². The number of aromatic nitrogens is 1. The van der Waals surface area contributed by atoms with Crippen molar-refractivity contribution in [1.29, 1.82) is 0 Å². The predicted octanol–water partition coefficient (Wildman–Crippen LogP) is 2.78. The molecular formula is C15H19N3. The largest absolute Gasteiger partial charge is 0.271 e. The molecule has 0 aliphatic rings. The minimum absolute atomic E-state index is 0.0890. The zero-order valence-electron chi connectivity index (χ0n) is 10.6. The first-order chi connectivity index (χ1) is 8.86. The van der Waals surface area contributed by atoms with Gasteiger partial charge in [-0.1, -0.05) is 43.3 Å². The average molecular weight is 241 g/mol. The van der Waals surface area contributed by atoms with Gasteiger partial charge in [0, 0.05) is 18.3 Å². The first kappa shape index (κ1) is 12.7. The lowest BCUT2D eigenvalue weighted by Gasteiger charge is -2.26. The van der Waals surface area contributed by atoms with Crippen molar-refractivity contribution < 1.29 is 0 Å². The van der Waals surface area contributed by atoms with E-state index in [0.29, 0.717) is 5.92 Å². The monoisotopic (exact) mass is 241 g/mol. The highest BCUT2D eigenvalue weighted by molar-refractivity contribution is 5.26. The van der Waals surface area contributed by atoms with E-state index in [4.69, 9.17) is 5.84 Å². The lowest BCUT2D eigenvalue weighted by Crippen LogP contribution is -2.32. The Morgan fingerprint density at radius 2 is 1.83 bits per heavy atom. The van der Waals surface area contributed by atoms with Gasteiger partial charge in [-0.05, 0) is 23.6 Å². The molecule has 0 amide bonds. The van der Waals surface area contributed by atoms with E-state index in [2.05, 4.69) is 47.7 Å². The molecule has 0 bridgehead atoms. The van der Waals surface area contributed by atoms with Crippen molar-refractivity contribution in [2.24, 2.45) is 5.84 Å². The van der Waals surface area contributed by atoms with Crippen LogP contribution in [0.3, 0.4) is 0 Å². The van der Waals surface area contributed by atoms with Crippen LogP contribution in [-0.4, -0.2) is 4.98 Å². The SMILES string of the molecule is CCC(c1ccccc1)C(NN)c1cccnc1. The molecule has 3 heteroatoms. The summed E-state index contributed by atoms with van der Waals surface area (Å²) in [6, 6.07) is 14.5. The molecule has 2 aromatic rings. The summed E-state index contributed by atoms with van der Waals surface area (Å²) in [6.45, 7) is 2.18. The van der Waals surface area contributed by atoms with Gasteiger partial charge in [-0.2, -0.15) is 0 Å². The van der Waals surface area contributed by atoms with Gasteiger partial charge in [-0.15, -0.1) is 0 Å². The third-order valence-corrected chi connectivity index (χ3v) is 3.29. The maximum absolute atomic E-state index is 5.74. The summed E-state index contributed by atoms with van der Waals surface area (Å²) in [5, 5.41) is 0. The number of pyridine rings is 1. The van der Waals surface area contributed by atoms with E-state index >= 15 is 0 Å². The molecule has 0 saturated heterocycles. The number of hydrogen-bond donors (Lipinski definition) is 2. The van der Waals surface area contributed by atoms with Crippen LogP contribution in [0, 0.1) is 0 Å². The van der Waals surface area contributed by atoms with Crippen LogP contribution in [-0.2, 0) is 0 Å². The van der Waals surface area contributed by atoms with Crippen LogP contribution in [0.15, 0.2) is 54.9 Å². The van der Waals surface area contributed by atoms with Gasteiger partial charge in [0.05, 0.1) is 6.04 Å². The van der Waals surface area contributed by atoms with E-state index < -0.39 is 0 Å². The third kappa shape index (κ3) is 2.75. The second kappa shape index (κ2) is 6.28. The summed E-state index contributed by atoms with van der Waals surface area (Å²) in [5.41, 5.74) is 5.35. The summed E-state index contributed by atoms with van der Waals surface area (Å²) >= 11 is 0. The minimum Gasteiger partial charge on any atom is -0.271 e. The Morgan fingerprint density at radius 3 is 2.39 bits per heavy atom. The fourth-order valence-electron chi connectivity index (χ4n) is 2.37. The van der Waals surface area contributed by atoms with E-state index in [0.717, 1.165) is 12.0 Å². The van der Waals surface area contributed by atoms with Crippen LogP contribution in [0.25, 0.3) is 0 Å². The van der Waals surface area contributed by atoms with Crippen molar-refractivity contribution in [2.45, 2.75) is 25.3 Å². The lowest BCUT2D eigenvalue weighted by molar-refractivity contribution is 0.444. The number of nitrogens with zero attached hydrogens (tertiary/aromatic N) is 1. The van der Waals surface area contributed by atoms with Crippen molar-refractivity contribution >= 4 is 0 Å². The number of benzene rings is 1. The molecule has 3 nitrogen and oxygen atoms in total. The van der Waals surface area contributed by atoms with E-state index in [1.54, 1.807) is 6.20 Å². The average Bonchev–Trinajstić information content (AvgIpc) is 2.46. The summed E-state index contributed by atoms with van der Waals surface area (Å²) < 4.78 is 0. The Balaban J connectivity index is 2.31. The van der Waals surface area contributed by atoms with Crippen LogP contribution < -0.4 is 11.3 Å². The minimum atomic E-state index is 0.0890. The van der Waals surface area contributed by atoms with Crippen LogP contribution in [0.2, 0.25) is 0 Å². The molecule has 2 atom stereocenters. The highest BCUT2D eigenvalue weighted by Crippen LogP contribution is 2.32. The van der Waals surface area contributed by atoms with E-state index in [1.807, 2.05) is 18.3 Å². The maximum Gasteiger partial charge on any atom is 0.0543 e. The van der Waals surface area contributed by atoms with Crippen LogP contribution in [0.1, 0.15) is 36.4 Å². The fraction of sp³-hybridized carbons (Fsp3) is 0.267. The molecule has 0 saturated carbocycles. The second-order valence-corrected chi connectivity index (χ2v) is 4.36. The summed E-state index contributed by atoms with van der Waals surface area (Å²) in [4.78, 5) is 4.17. The van der Waals surface area contributed by atoms with Gasteiger partial charge in [0.15, 0.2) is 0 Å². The number of hydrogen-bond acceptors (Lipinski definition) is 3. The zero-order chi connectivity index (χ0) is 12.8. The van der Waals surface area contributed by atoms with Crippen molar-refractivity contribution in [3.8, 4) is 0 Å². The molecule has 0 fully saturated rings.